The summed E-state index contributed by atoms with van der Waals surface area (Å²) in [5, 5.41) is 27.6. The van der Waals surface area contributed by atoms with Crippen molar-refractivity contribution >= 4 is 11.5 Å². The number of benzene rings is 2. The van der Waals surface area contributed by atoms with Crippen molar-refractivity contribution in [1.29, 1.82) is 0 Å². The number of aliphatic hydroxyl groups is 1. The molecule has 0 aliphatic rings. The first kappa shape index (κ1) is 17.1. The van der Waals surface area contributed by atoms with Crippen LogP contribution in [0.3, 0.4) is 0 Å². The van der Waals surface area contributed by atoms with Gasteiger partial charge < -0.3 is 15.5 Å². The number of hydrogen-bond acceptors (Lipinski definition) is 5. The molecule has 136 valence electrons. The topological polar surface area (TPSA) is 82.7 Å². The molecule has 4 aromatic rings. The van der Waals surface area contributed by atoms with Crippen LogP contribution in [0.1, 0.15) is 17.4 Å². The van der Waals surface area contributed by atoms with Crippen LogP contribution >= 0.6 is 0 Å². The lowest BCUT2D eigenvalue weighted by molar-refractivity contribution is 0.191. The number of rotatable bonds is 5. The molecule has 0 aliphatic carbocycles. The summed E-state index contributed by atoms with van der Waals surface area (Å²) < 4.78 is 1.74. The molecule has 0 radical (unpaired) electrons. The zero-order valence-electron chi connectivity index (χ0n) is 14.9. The number of aromatic nitrogens is 3. The molecule has 0 bridgehead atoms. The molecule has 2 aromatic carbocycles. The Balaban J connectivity index is 1.64. The van der Waals surface area contributed by atoms with Gasteiger partial charge in [-0.1, -0.05) is 42.5 Å². The quantitative estimate of drug-likeness (QED) is 0.507. The van der Waals surface area contributed by atoms with Gasteiger partial charge in [-0.25, -0.2) is 4.98 Å². The SMILES string of the molecule is Cc1cc2nc(-c3ccccc3)cc(NC[C@@H](O)c3ccc(O)cc3)n2n1. The molecular formula is C21H20N4O2. The van der Waals surface area contributed by atoms with E-state index in [2.05, 4.69) is 10.4 Å². The van der Waals surface area contributed by atoms with Gasteiger partial charge in [-0.15, -0.1) is 0 Å². The Kier molecular flexibility index (Phi) is 4.48. The average molecular weight is 360 g/mol. The Morgan fingerprint density at radius 3 is 2.52 bits per heavy atom. The van der Waals surface area contributed by atoms with Crippen molar-refractivity contribution in [3.63, 3.8) is 0 Å². The van der Waals surface area contributed by atoms with E-state index in [1.54, 1.807) is 28.8 Å². The highest BCUT2D eigenvalue weighted by Crippen LogP contribution is 2.24. The fourth-order valence-corrected chi connectivity index (χ4v) is 2.99. The largest absolute Gasteiger partial charge is 0.508 e. The maximum Gasteiger partial charge on any atom is 0.158 e. The highest BCUT2D eigenvalue weighted by molar-refractivity contribution is 5.66. The molecule has 0 aliphatic heterocycles. The Morgan fingerprint density at radius 2 is 1.78 bits per heavy atom. The normalized spacial score (nSPS) is 12.2. The molecule has 0 unspecified atom stereocenters. The minimum absolute atomic E-state index is 0.175. The van der Waals surface area contributed by atoms with E-state index < -0.39 is 6.10 Å². The van der Waals surface area contributed by atoms with Gasteiger partial charge in [-0.3, -0.25) is 0 Å². The van der Waals surface area contributed by atoms with E-state index in [0.717, 1.165) is 34.0 Å². The fourth-order valence-electron chi connectivity index (χ4n) is 2.99. The molecule has 0 saturated heterocycles. The summed E-state index contributed by atoms with van der Waals surface area (Å²) in [6.45, 7) is 2.23. The molecule has 27 heavy (non-hydrogen) atoms. The van der Waals surface area contributed by atoms with Crippen molar-refractivity contribution in [2.75, 3.05) is 11.9 Å². The summed E-state index contributed by atoms with van der Waals surface area (Å²) in [5.41, 5.74) is 4.20. The number of anilines is 1. The molecule has 2 aromatic heterocycles. The van der Waals surface area contributed by atoms with E-state index in [4.69, 9.17) is 4.98 Å². The summed E-state index contributed by atoms with van der Waals surface area (Å²) in [7, 11) is 0. The number of aryl methyl sites for hydroxylation is 1. The fraction of sp³-hybridized carbons (Fsp3) is 0.143. The minimum Gasteiger partial charge on any atom is -0.508 e. The number of aliphatic hydroxyl groups excluding tert-OH is 1. The van der Waals surface area contributed by atoms with Gasteiger partial charge in [0.25, 0.3) is 0 Å². The molecule has 4 rings (SSSR count). The number of nitrogens with zero attached hydrogens (tertiary/aromatic N) is 3. The first-order valence-corrected chi connectivity index (χ1v) is 8.74. The molecule has 1 atom stereocenters. The van der Waals surface area contributed by atoms with Crippen molar-refractivity contribution in [2.45, 2.75) is 13.0 Å². The van der Waals surface area contributed by atoms with E-state index in [9.17, 15) is 10.2 Å². The third-order valence-corrected chi connectivity index (χ3v) is 4.37. The van der Waals surface area contributed by atoms with Gasteiger partial charge in [-0.2, -0.15) is 9.61 Å². The molecule has 6 heteroatoms. The number of hydrogen-bond donors (Lipinski definition) is 3. The zero-order chi connectivity index (χ0) is 18.8. The molecule has 0 spiro atoms. The van der Waals surface area contributed by atoms with Crippen molar-refractivity contribution in [1.82, 2.24) is 14.6 Å². The lowest BCUT2D eigenvalue weighted by Crippen LogP contribution is -2.15. The molecule has 3 N–H and O–H groups in total. The summed E-state index contributed by atoms with van der Waals surface area (Å²) in [6.07, 6.45) is -0.717. The average Bonchev–Trinajstić information content (AvgIpc) is 3.07. The van der Waals surface area contributed by atoms with Crippen LogP contribution in [0.4, 0.5) is 5.82 Å². The van der Waals surface area contributed by atoms with Crippen LogP contribution in [0.15, 0.2) is 66.7 Å². The standard InChI is InChI=1S/C21H20N4O2/c1-14-11-21-23-18(15-5-3-2-4-6-15)12-20(25(21)24-14)22-13-19(27)16-7-9-17(26)10-8-16/h2-12,19,22,26-27H,13H2,1H3/t19-/m1/s1. The molecule has 0 fully saturated rings. The van der Waals surface area contributed by atoms with Crippen LogP contribution in [-0.2, 0) is 0 Å². The predicted octanol–water partition coefficient (Wildman–Crippen LogP) is 3.56. The molecule has 6 nitrogen and oxygen atoms in total. The van der Waals surface area contributed by atoms with Gasteiger partial charge in [0.1, 0.15) is 11.6 Å². The lowest BCUT2D eigenvalue weighted by Gasteiger charge is -2.15. The van der Waals surface area contributed by atoms with E-state index in [0.29, 0.717) is 6.54 Å². The molecule has 2 heterocycles. The molecule has 0 saturated carbocycles. The Bertz CT molecular complexity index is 1060. The second-order valence-corrected chi connectivity index (χ2v) is 6.44. The van der Waals surface area contributed by atoms with Crippen molar-refractivity contribution in [3.05, 3.63) is 78.0 Å². The summed E-state index contributed by atoms with van der Waals surface area (Å²) in [6, 6.07) is 20.3. The smallest absolute Gasteiger partial charge is 0.158 e. The Morgan fingerprint density at radius 1 is 1.04 bits per heavy atom. The minimum atomic E-state index is -0.717. The molecule has 0 amide bonds. The van der Waals surface area contributed by atoms with Gasteiger partial charge in [0.15, 0.2) is 5.65 Å². The number of phenols is 1. The van der Waals surface area contributed by atoms with Crippen molar-refractivity contribution < 1.29 is 10.2 Å². The van der Waals surface area contributed by atoms with Crippen LogP contribution in [0, 0.1) is 6.92 Å². The van der Waals surface area contributed by atoms with Crippen LogP contribution < -0.4 is 5.32 Å². The number of fused-ring (bicyclic) bond motifs is 1. The molecular weight excluding hydrogens is 340 g/mol. The number of phenolic OH excluding ortho intramolecular Hbond substituents is 1. The second-order valence-electron chi connectivity index (χ2n) is 6.44. The van der Waals surface area contributed by atoms with Gasteiger partial charge in [0, 0.05) is 24.2 Å². The van der Waals surface area contributed by atoms with Gasteiger partial charge in [-0.05, 0) is 24.6 Å². The monoisotopic (exact) mass is 360 g/mol. The summed E-state index contributed by atoms with van der Waals surface area (Å²) in [5.74, 6) is 0.930. The summed E-state index contributed by atoms with van der Waals surface area (Å²) in [4.78, 5) is 4.69. The lowest BCUT2D eigenvalue weighted by atomic mass is 10.1. The maximum atomic E-state index is 10.4. The second kappa shape index (κ2) is 7.09. The first-order chi connectivity index (χ1) is 13.1. The predicted molar refractivity (Wildman–Crippen MR) is 105 cm³/mol. The van der Waals surface area contributed by atoms with Gasteiger partial charge >= 0.3 is 0 Å². The highest BCUT2D eigenvalue weighted by atomic mass is 16.3. The van der Waals surface area contributed by atoms with Gasteiger partial charge in [0.05, 0.1) is 17.5 Å². The third kappa shape index (κ3) is 3.61. The number of aromatic hydroxyl groups is 1. The summed E-state index contributed by atoms with van der Waals surface area (Å²) >= 11 is 0. The third-order valence-electron chi connectivity index (χ3n) is 4.37. The van der Waals surface area contributed by atoms with E-state index in [1.807, 2.05) is 49.4 Å². The van der Waals surface area contributed by atoms with E-state index >= 15 is 0 Å². The first-order valence-electron chi connectivity index (χ1n) is 8.74. The number of nitrogens with one attached hydrogen (secondary N) is 1. The van der Waals surface area contributed by atoms with Crippen LogP contribution in [0.25, 0.3) is 16.9 Å². The Hall–Kier alpha value is -3.38. The van der Waals surface area contributed by atoms with Crippen LogP contribution in [0.2, 0.25) is 0 Å². The highest BCUT2D eigenvalue weighted by Gasteiger charge is 2.12. The van der Waals surface area contributed by atoms with E-state index in [1.165, 1.54) is 0 Å². The van der Waals surface area contributed by atoms with Crippen LogP contribution in [0.5, 0.6) is 5.75 Å². The Labute approximate surface area is 156 Å². The van der Waals surface area contributed by atoms with Crippen molar-refractivity contribution in [2.24, 2.45) is 0 Å². The van der Waals surface area contributed by atoms with Crippen molar-refractivity contribution in [3.8, 4) is 17.0 Å². The van der Waals surface area contributed by atoms with Crippen LogP contribution in [-0.4, -0.2) is 31.4 Å². The maximum absolute atomic E-state index is 10.4. The van der Waals surface area contributed by atoms with Gasteiger partial charge in [0.2, 0.25) is 0 Å². The zero-order valence-corrected chi connectivity index (χ0v) is 14.9. The van der Waals surface area contributed by atoms with E-state index in [-0.39, 0.29) is 5.75 Å².